The summed E-state index contributed by atoms with van der Waals surface area (Å²) in [5.41, 5.74) is 6.88. The number of carbonyl (C=O) groups is 1. The molecule has 0 unspecified atom stereocenters. The lowest BCUT2D eigenvalue weighted by Crippen LogP contribution is -2.15. The largest absolute Gasteiger partial charge is 0.383 e. The summed E-state index contributed by atoms with van der Waals surface area (Å²) in [5.74, 6) is 0.867. The molecule has 3 rings (SSSR count). The van der Waals surface area contributed by atoms with Gasteiger partial charge in [0.05, 0.1) is 22.7 Å². The summed E-state index contributed by atoms with van der Waals surface area (Å²) in [6.07, 6.45) is 0. The first-order valence-electron chi connectivity index (χ1n) is 7.27. The zero-order valence-corrected chi connectivity index (χ0v) is 13.5. The van der Waals surface area contributed by atoms with E-state index >= 15 is 0 Å². The van der Waals surface area contributed by atoms with Gasteiger partial charge in [0.1, 0.15) is 17.5 Å². The van der Waals surface area contributed by atoms with Gasteiger partial charge in [-0.3, -0.25) is 4.79 Å². The van der Waals surface area contributed by atoms with Crippen LogP contribution in [0.1, 0.15) is 5.82 Å². The zero-order chi connectivity index (χ0) is 16.9. The van der Waals surface area contributed by atoms with Crippen LogP contribution in [-0.2, 0) is 10.5 Å². The molecule has 0 aliphatic rings. The third-order valence-corrected chi connectivity index (χ3v) is 4.22. The molecule has 0 radical (unpaired) electrons. The highest BCUT2D eigenvalue weighted by atomic mass is 32.2. The van der Waals surface area contributed by atoms with E-state index in [1.807, 2.05) is 24.3 Å². The van der Waals surface area contributed by atoms with Crippen molar-refractivity contribution in [1.82, 2.24) is 9.97 Å². The van der Waals surface area contributed by atoms with Crippen molar-refractivity contribution >= 4 is 40.1 Å². The monoisotopic (exact) mass is 342 g/mol. The lowest BCUT2D eigenvalue weighted by atomic mass is 10.2. The van der Waals surface area contributed by atoms with Crippen LogP contribution in [0.5, 0.6) is 0 Å². The number of anilines is 2. The number of rotatable bonds is 5. The van der Waals surface area contributed by atoms with E-state index in [0.29, 0.717) is 17.4 Å². The van der Waals surface area contributed by atoms with Crippen molar-refractivity contribution in [2.24, 2.45) is 0 Å². The lowest BCUT2D eigenvalue weighted by Gasteiger charge is -2.07. The second-order valence-corrected chi connectivity index (χ2v) is 6.05. The topological polar surface area (TPSA) is 80.9 Å². The van der Waals surface area contributed by atoms with E-state index in [1.165, 1.54) is 23.9 Å². The Morgan fingerprint density at radius 3 is 2.71 bits per heavy atom. The van der Waals surface area contributed by atoms with E-state index < -0.39 is 5.82 Å². The number of nitrogens with one attached hydrogen (secondary N) is 1. The van der Waals surface area contributed by atoms with Crippen molar-refractivity contribution in [1.29, 1.82) is 0 Å². The van der Waals surface area contributed by atoms with E-state index in [1.54, 1.807) is 12.1 Å². The molecule has 1 amide bonds. The SMILES string of the molecule is Nc1nc(CSCC(=O)Nc2ccccc2F)nc2ccccc12. The number of benzene rings is 2. The Bertz CT molecular complexity index is 887. The molecule has 3 N–H and O–H groups in total. The Hall–Kier alpha value is -2.67. The maximum absolute atomic E-state index is 13.5. The van der Waals surface area contributed by atoms with E-state index in [0.717, 1.165) is 10.9 Å². The summed E-state index contributed by atoms with van der Waals surface area (Å²) in [5, 5.41) is 3.35. The number of halogens is 1. The minimum Gasteiger partial charge on any atom is -0.383 e. The predicted molar refractivity (Wildman–Crippen MR) is 95.1 cm³/mol. The normalized spacial score (nSPS) is 10.7. The second kappa shape index (κ2) is 7.27. The van der Waals surface area contributed by atoms with Gasteiger partial charge in [-0.25, -0.2) is 14.4 Å². The summed E-state index contributed by atoms with van der Waals surface area (Å²) in [4.78, 5) is 20.5. The van der Waals surface area contributed by atoms with Crippen LogP contribution in [0, 0.1) is 5.82 Å². The molecule has 0 saturated carbocycles. The minimum atomic E-state index is -0.457. The van der Waals surface area contributed by atoms with Gasteiger partial charge < -0.3 is 11.1 Å². The number of para-hydroxylation sites is 2. The van der Waals surface area contributed by atoms with Crippen molar-refractivity contribution in [3.8, 4) is 0 Å². The van der Waals surface area contributed by atoms with Gasteiger partial charge in [0.25, 0.3) is 0 Å². The van der Waals surface area contributed by atoms with Crippen LogP contribution in [0.4, 0.5) is 15.9 Å². The molecule has 3 aromatic rings. The van der Waals surface area contributed by atoms with E-state index in [4.69, 9.17) is 5.73 Å². The van der Waals surface area contributed by atoms with Gasteiger partial charge in [-0.15, -0.1) is 11.8 Å². The highest BCUT2D eigenvalue weighted by Crippen LogP contribution is 2.19. The number of nitrogen functional groups attached to an aromatic ring is 1. The standard InChI is InChI=1S/C17H15FN4OS/c18-12-6-2-4-8-14(12)21-16(23)10-24-9-15-20-13-7-3-1-5-11(13)17(19)22-15/h1-8H,9-10H2,(H,21,23)(H2,19,20,22). The third kappa shape index (κ3) is 3.80. The first-order valence-corrected chi connectivity index (χ1v) is 8.42. The maximum Gasteiger partial charge on any atom is 0.234 e. The molecule has 1 heterocycles. The highest BCUT2D eigenvalue weighted by Gasteiger charge is 2.08. The minimum absolute atomic E-state index is 0.171. The third-order valence-electron chi connectivity index (χ3n) is 3.29. The molecule has 7 heteroatoms. The summed E-state index contributed by atoms with van der Waals surface area (Å²) < 4.78 is 13.5. The molecule has 0 aliphatic heterocycles. The fourth-order valence-corrected chi connectivity index (χ4v) is 2.87. The van der Waals surface area contributed by atoms with Crippen molar-refractivity contribution in [2.75, 3.05) is 16.8 Å². The number of aromatic nitrogens is 2. The van der Waals surface area contributed by atoms with Gasteiger partial charge >= 0.3 is 0 Å². The highest BCUT2D eigenvalue weighted by molar-refractivity contribution is 7.99. The average Bonchev–Trinajstić information content (AvgIpc) is 2.57. The molecule has 0 bridgehead atoms. The van der Waals surface area contributed by atoms with Gasteiger partial charge in [-0.05, 0) is 24.3 Å². The number of amides is 1. The van der Waals surface area contributed by atoms with E-state index in [9.17, 15) is 9.18 Å². The van der Waals surface area contributed by atoms with Gasteiger partial charge in [0, 0.05) is 5.39 Å². The summed E-state index contributed by atoms with van der Waals surface area (Å²) >= 11 is 1.34. The Kier molecular flexibility index (Phi) is 4.90. The van der Waals surface area contributed by atoms with Gasteiger partial charge in [-0.1, -0.05) is 24.3 Å². The number of hydrogen-bond acceptors (Lipinski definition) is 5. The van der Waals surface area contributed by atoms with Crippen LogP contribution in [0.25, 0.3) is 10.9 Å². The van der Waals surface area contributed by atoms with Crippen molar-refractivity contribution in [2.45, 2.75) is 5.75 Å². The fraction of sp³-hybridized carbons (Fsp3) is 0.118. The average molecular weight is 342 g/mol. The quantitative estimate of drug-likeness (QED) is 0.744. The first kappa shape index (κ1) is 16.2. The van der Waals surface area contributed by atoms with Crippen molar-refractivity contribution in [3.05, 3.63) is 60.2 Å². The van der Waals surface area contributed by atoms with Gasteiger partial charge in [0.15, 0.2) is 0 Å². The molecular weight excluding hydrogens is 327 g/mol. The molecule has 2 aromatic carbocycles. The zero-order valence-electron chi connectivity index (χ0n) is 12.7. The molecule has 5 nitrogen and oxygen atoms in total. The van der Waals surface area contributed by atoms with Gasteiger partial charge in [-0.2, -0.15) is 0 Å². The Labute approximate surface area is 142 Å². The first-order chi connectivity index (χ1) is 11.6. The number of hydrogen-bond donors (Lipinski definition) is 2. The number of thioether (sulfide) groups is 1. The predicted octanol–water partition coefficient (Wildman–Crippen LogP) is 3.22. The van der Waals surface area contributed by atoms with Gasteiger partial charge in [0.2, 0.25) is 5.91 Å². The number of nitrogens with two attached hydrogens (primary N) is 1. The number of fused-ring (bicyclic) bond motifs is 1. The van der Waals surface area contributed by atoms with Crippen LogP contribution in [-0.4, -0.2) is 21.6 Å². The van der Waals surface area contributed by atoms with E-state index in [-0.39, 0.29) is 17.3 Å². The molecule has 1 aromatic heterocycles. The van der Waals surface area contributed by atoms with Crippen LogP contribution in [0.15, 0.2) is 48.5 Å². The van der Waals surface area contributed by atoms with Crippen LogP contribution in [0.2, 0.25) is 0 Å². The summed E-state index contributed by atoms with van der Waals surface area (Å²) in [7, 11) is 0. The molecule has 0 spiro atoms. The lowest BCUT2D eigenvalue weighted by molar-refractivity contribution is -0.113. The van der Waals surface area contributed by atoms with Crippen molar-refractivity contribution < 1.29 is 9.18 Å². The van der Waals surface area contributed by atoms with Crippen LogP contribution in [0.3, 0.4) is 0 Å². The Balaban J connectivity index is 1.58. The summed E-state index contributed by atoms with van der Waals surface area (Å²) in [6, 6.07) is 13.5. The molecular formula is C17H15FN4OS. The van der Waals surface area contributed by atoms with Crippen molar-refractivity contribution in [3.63, 3.8) is 0 Å². The number of nitrogens with zero attached hydrogens (tertiary/aromatic N) is 2. The maximum atomic E-state index is 13.5. The van der Waals surface area contributed by atoms with E-state index in [2.05, 4.69) is 15.3 Å². The Morgan fingerprint density at radius 1 is 1.12 bits per heavy atom. The summed E-state index contributed by atoms with van der Waals surface area (Å²) in [6.45, 7) is 0. The molecule has 0 saturated heterocycles. The fourth-order valence-electron chi connectivity index (χ4n) is 2.20. The molecule has 0 fully saturated rings. The second-order valence-electron chi connectivity index (χ2n) is 5.06. The Morgan fingerprint density at radius 2 is 1.88 bits per heavy atom. The molecule has 122 valence electrons. The smallest absolute Gasteiger partial charge is 0.234 e. The van der Waals surface area contributed by atoms with Crippen LogP contribution < -0.4 is 11.1 Å². The molecule has 0 atom stereocenters. The van der Waals surface area contributed by atoms with Crippen LogP contribution >= 0.6 is 11.8 Å². The number of carbonyl (C=O) groups excluding carboxylic acids is 1. The molecule has 0 aliphatic carbocycles. The molecule has 24 heavy (non-hydrogen) atoms.